The third kappa shape index (κ3) is 5.85. The third-order valence-corrected chi connectivity index (χ3v) is 3.36. The van der Waals surface area contributed by atoms with Crippen LogP contribution in [0.2, 0.25) is 0 Å². The molecule has 0 spiro atoms. The first kappa shape index (κ1) is 17.7. The minimum atomic E-state index is -0.783. The van der Waals surface area contributed by atoms with Crippen molar-refractivity contribution in [2.75, 3.05) is 0 Å². The van der Waals surface area contributed by atoms with Crippen LogP contribution in [0.1, 0.15) is 69.4 Å². The number of aromatic nitrogens is 1. The van der Waals surface area contributed by atoms with Crippen LogP contribution >= 0.6 is 0 Å². The van der Waals surface area contributed by atoms with Gasteiger partial charge in [0.1, 0.15) is 12.3 Å². The molecule has 1 aromatic rings. The van der Waals surface area contributed by atoms with Gasteiger partial charge < -0.3 is 20.6 Å². The summed E-state index contributed by atoms with van der Waals surface area (Å²) in [5, 5.41) is 12.3. The van der Waals surface area contributed by atoms with Crippen LogP contribution in [0.25, 0.3) is 0 Å². The maximum atomic E-state index is 12.0. The summed E-state index contributed by atoms with van der Waals surface area (Å²) >= 11 is 0. The lowest BCUT2D eigenvalue weighted by Gasteiger charge is -2.13. The summed E-state index contributed by atoms with van der Waals surface area (Å²) in [5.74, 6) is 0.565. The molecule has 21 heavy (non-hydrogen) atoms. The Bertz CT molecular complexity index is 443. The molecule has 0 bridgehead atoms. The van der Waals surface area contributed by atoms with E-state index in [1.54, 1.807) is 6.92 Å². The number of nitrogens with zero attached hydrogens (tertiary/aromatic N) is 1. The first-order valence-corrected chi connectivity index (χ1v) is 7.51. The van der Waals surface area contributed by atoms with Gasteiger partial charge in [-0.15, -0.1) is 0 Å². The Labute approximate surface area is 126 Å². The number of carbonyl (C=O) groups is 1. The molecule has 0 aliphatic carbocycles. The predicted octanol–water partition coefficient (Wildman–Crippen LogP) is 2.00. The second kappa shape index (κ2) is 8.14. The van der Waals surface area contributed by atoms with Crippen molar-refractivity contribution < 1.29 is 14.3 Å². The highest BCUT2D eigenvalue weighted by Gasteiger charge is 2.21. The number of aliphatic hydroxyl groups is 1. The molecule has 0 saturated carbocycles. The van der Waals surface area contributed by atoms with Crippen molar-refractivity contribution in [3.63, 3.8) is 0 Å². The number of nitrogens with one attached hydrogen (secondary N) is 1. The van der Waals surface area contributed by atoms with Gasteiger partial charge in [0.05, 0.1) is 6.10 Å². The molecule has 6 nitrogen and oxygen atoms in total. The SMILES string of the molecule is CC(C)CCCC(C)NC(=O)c1coc(C(N)C(C)O)n1. The standard InChI is InChI=1S/C15H27N3O3/c1-9(2)6-5-7-10(3)17-14(20)12-8-21-15(18-12)13(16)11(4)19/h8-11,13,19H,5-7,16H2,1-4H3,(H,17,20). The molecule has 1 heterocycles. The molecule has 1 rings (SSSR count). The Morgan fingerprint density at radius 1 is 1.38 bits per heavy atom. The topological polar surface area (TPSA) is 101 Å². The number of nitrogens with two attached hydrogens (primary N) is 1. The van der Waals surface area contributed by atoms with Crippen LogP contribution in [0.15, 0.2) is 10.7 Å². The maximum absolute atomic E-state index is 12.0. The number of carbonyl (C=O) groups excluding carboxylic acids is 1. The summed E-state index contributed by atoms with van der Waals surface area (Å²) in [7, 11) is 0. The van der Waals surface area contributed by atoms with E-state index in [0.29, 0.717) is 5.92 Å². The van der Waals surface area contributed by atoms with Crippen LogP contribution < -0.4 is 11.1 Å². The van der Waals surface area contributed by atoms with E-state index in [4.69, 9.17) is 10.2 Å². The highest BCUT2D eigenvalue weighted by molar-refractivity contribution is 5.92. The van der Waals surface area contributed by atoms with Gasteiger partial charge in [-0.05, 0) is 26.2 Å². The lowest BCUT2D eigenvalue weighted by molar-refractivity contribution is 0.0932. The van der Waals surface area contributed by atoms with Crippen LogP contribution in [0, 0.1) is 5.92 Å². The fraction of sp³-hybridized carbons (Fsp3) is 0.733. The Hall–Kier alpha value is -1.40. The Morgan fingerprint density at radius 2 is 2.05 bits per heavy atom. The maximum Gasteiger partial charge on any atom is 0.273 e. The second-order valence-corrected chi connectivity index (χ2v) is 6.04. The van der Waals surface area contributed by atoms with Gasteiger partial charge in [0.2, 0.25) is 5.89 Å². The van der Waals surface area contributed by atoms with Crippen molar-refractivity contribution in [1.82, 2.24) is 10.3 Å². The Kier molecular flexibility index (Phi) is 6.84. The highest BCUT2D eigenvalue weighted by Crippen LogP contribution is 2.14. The number of hydrogen-bond donors (Lipinski definition) is 3. The minimum absolute atomic E-state index is 0.0850. The number of aliphatic hydroxyl groups excluding tert-OH is 1. The van der Waals surface area contributed by atoms with Gasteiger partial charge in [-0.1, -0.05) is 26.7 Å². The van der Waals surface area contributed by atoms with Gasteiger partial charge in [-0.25, -0.2) is 4.98 Å². The number of rotatable bonds is 8. The summed E-state index contributed by atoms with van der Waals surface area (Å²) in [6.45, 7) is 7.89. The van der Waals surface area contributed by atoms with Crippen molar-refractivity contribution in [3.8, 4) is 0 Å². The zero-order chi connectivity index (χ0) is 16.0. The van der Waals surface area contributed by atoms with Crippen LogP contribution in [0.5, 0.6) is 0 Å². The van der Waals surface area contributed by atoms with E-state index in [0.717, 1.165) is 19.3 Å². The second-order valence-electron chi connectivity index (χ2n) is 6.04. The molecule has 0 radical (unpaired) electrons. The van der Waals surface area contributed by atoms with Crippen molar-refractivity contribution in [2.45, 2.75) is 65.1 Å². The summed E-state index contributed by atoms with van der Waals surface area (Å²) in [6.07, 6.45) is 3.65. The molecule has 0 aromatic carbocycles. The summed E-state index contributed by atoms with van der Waals surface area (Å²) in [6, 6.07) is -0.642. The van der Waals surface area contributed by atoms with Gasteiger partial charge in [0.25, 0.3) is 5.91 Å². The van der Waals surface area contributed by atoms with Crippen molar-refractivity contribution in [3.05, 3.63) is 17.8 Å². The Balaban J connectivity index is 2.48. The van der Waals surface area contributed by atoms with Crippen LogP contribution in [0.4, 0.5) is 0 Å². The van der Waals surface area contributed by atoms with Crippen molar-refractivity contribution >= 4 is 5.91 Å². The summed E-state index contributed by atoms with van der Waals surface area (Å²) in [5.41, 5.74) is 5.90. The molecule has 6 heteroatoms. The summed E-state index contributed by atoms with van der Waals surface area (Å²) < 4.78 is 5.15. The van der Waals surface area contributed by atoms with E-state index in [1.807, 2.05) is 6.92 Å². The van der Waals surface area contributed by atoms with E-state index in [2.05, 4.69) is 24.1 Å². The van der Waals surface area contributed by atoms with E-state index in [-0.39, 0.29) is 23.5 Å². The third-order valence-electron chi connectivity index (χ3n) is 3.36. The molecule has 0 saturated heterocycles. The fourth-order valence-electron chi connectivity index (χ4n) is 1.95. The molecule has 120 valence electrons. The molecule has 1 aromatic heterocycles. The van der Waals surface area contributed by atoms with Gasteiger partial charge in [0, 0.05) is 6.04 Å². The lowest BCUT2D eigenvalue weighted by atomic mass is 10.0. The molecule has 0 aliphatic rings. The molecule has 4 N–H and O–H groups in total. The van der Waals surface area contributed by atoms with Gasteiger partial charge in [-0.2, -0.15) is 0 Å². The van der Waals surface area contributed by atoms with Gasteiger partial charge in [-0.3, -0.25) is 4.79 Å². The average molecular weight is 297 g/mol. The van der Waals surface area contributed by atoms with E-state index >= 15 is 0 Å². The molecule has 3 atom stereocenters. The monoisotopic (exact) mass is 297 g/mol. The minimum Gasteiger partial charge on any atom is -0.446 e. The number of hydrogen-bond acceptors (Lipinski definition) is 5. The van der Waals surface area contributed by atoms with Crippen molar-refractivity contribution in [1.29, 1.82) is 0 Å². The Morgan fingerprint density at radius 3 is 2.62 bits per heavy atom. The molecular weight excluding hydrogens is 270 g/mol. The predicted molar refractivity (Wildman–Crippen MR) is 80.7 cm³/mol. The molecule has 0 fully saturated rings. The van der Waals surface area contributed by atoms with Gasteiger partial charge >= 0.3 is 0 Å². The normalized spacial score (nSPS) is 15.8. The average Bonchev–Trinajstić information content (AvgIpc) is 2.86. The fourth-order valence-corrected chi connectivity index (χ4v) is 1.95. The van der Waals surface area contributed by atoms with Crippen LogP contribution in [-0.4, -0.2) is 28.1 Å². The van der Waals surface area contributed by atoms with E-state index < -0.39 is 12.1 Å². The van der Waals surface area contributed by atoms with E-state index in [1.165, 1.54) is 6.26 Å². The first-order chi connectivity index (χ1) is 9.81. The smallest absolute Gasteiger partial charge is 0.273 e. The molecule has 1 amide bonds. The first-order valence-electron chi connectivity index (χ1n) is 7.51. The largest absolute Gasteiger partial charge is 0.446 e. The highest BCUT2D eigenvalue weighted by atomic mass is 16.3. The molecule has 3 unspecified atom stereocenters. The summed E-state index contributed by atoms with van der Waals surface area (Å²) in [4.78, 5) is 16.1. The van der Waals surface area contributed by atoms with Crippen LogP contribution in [-0.2, 0) is 0 Å². The molecule has 0 aliphatic heterocycles. The zero-order valence-electron chi connectivity index (χ0n) is 13.3. The number of amides is 1. The quantitative estimate of drug-likeness (QED) is 0.681. The number of oxazole rings is 1. The van der Waals surface area contributed by atoms with E-state index in [9.17, 15) is 9.90 Å². The van der Waals surface area contributed by atoms with Crippen LogP contribution in [0.3, 0.4) is 0 Å². The lowest BCUT2D eigenvalue weighted by Crippen LogP contribution is -2.33. The van der Waals surface area contributed by atoms with Gasteiger partial charge in [0.15, 0.2) is 5.69 Å². The zero-order valence-corrected chi connectivity index (χ0v) is 13.3. The molecular formula is C15H27N3O3. The van der Waals surface area contributed by atoms with Crippen molar-refractivity contribution in [2.24, 2.45) is 11.7 Å².